The molecule has 2 saturated heterocycles. The molecule has 2 fully saturated rings. The molecule has 0 aromatic heterocycles. The Bertz CT molecular complexity index is 2500. The Morgan fingerprint density at radius 3 is 1.38 bits per heavy atom. The molecule has 2 amide bonds. The highest BCUT2D eigenvalue weighted by Crippen LogP contribution is 2.34. The number of nitrogens with zero attached hydrogens (tertiary/aromatic N) is 5. The average Bonchev–Trinajstić information content (AvgIpc) is 3.99. The van der Waals surface area contributed by atoms with Gasteiger partial charge in [-0.2, -0.15) is 0 Å². The van der Waals surface area contributed by atoms with Crippen molar-refractivity contribution in [1.29, 1.82) is 0 Å². The van der Waals surface area contributed by atoms with E-state index in [1.807, 2.05) is 115 Å². The predicted molar refractivity (Wildman–Crippen MR) is 251 cm³/mol. The zero-order valence-electron chi connectivity index (χ0n) is 37.0. The van der Waals surface area contributed by atoms with Crippen molar-refractivity contribution in [2.75, 3.05) is 53.5 Å². The van der Waals surface area contributed by atoms with Crippen LogP contribution in [0.3, 0.4) is 0 Å². The summed E-state index contributed by atoms with van der Waals surface area (Å²) in [5, 5.41) is 1.80. The van der Waals surface area contributed by atoms with Crippen molar-refractivity contribution in [3.8, 4) is 22.3 Å². The van der Waals surface area contributed by atoms with E-state index in [4.69, 9.17) is 20.3 Å². The van der Waals surface area contributed by atoms with E-state index in [-0.39, 0.29) is 30.2 Å². The minimum absolute atomic E-state index is 0.0872. The third kappa shape index (κ3) is 11.0. The molecule has 0 saturated carbocycles. The van der Waals surface area contributed by atoms with E-state index < -0.39 is 0 Å². The van der Waals surface area contributed by atoms with Gasteiger partial charge in [0.1, 0.15) is 11.7 Å². The molecule has 4 N–H and O–H groups in total. The summed E-state index contributed by atoms with van der Waals surface area (Å²) in [6.45, 7) is 7.54. The first-order chi connectivity index (χ1) is 31.0. The van der Waals surface area contributed by atoms with Gasteiger partial charge in [-0.1, -0.05) is 36.4 Å². The summed E-state index contributed by atoms with van der Waals surface area (Å²) in [5.74, 6) is 6.21. The second-order valence-electron chi connectivity index (χ2n) is 16.1. The number of nitrogens with two attached hydrogens (primary N) is 1. The van der Waals surface area contributed by atoms with Gasteiger partial charge in [0.05, 0.1) is 24.6 Å². The third-order valence-corrected chi connectivity index (χ3v) is 11.3. The van der Waals surface area contributed by atoms with E-state index in [1.54, 1.807) is 24.9 Å². The molecule has 4 aliphatic rings. The number of esters is 2. The third-order valence-electron chi connectivity index (χ3n) is 11.3. The van der Waals surface area contributed by atoms with Crippen LogP contribution in [0.1, 0.15) is 84.2 Å². The standard InChI is InChI=1S/C26H30N4O3.C24H26N4O3/c1-4-33-26(32)22-16-21-15-20(11-12-23(21)27-24(17-22)28-29(2)3)18-7-9-19(10-8-18)25(31)30-13-5-6-14-30;1-2-31-24(30)20-14-19-13-18(9-10-21(19)26-22(15-20)27-25)16-5-7-17(8-6-16)23(29)28-11-3-4-12-28/h7-12,15-16H,4-6,13-14,17H2,1-3H3,(H,27,28);5-10,13-14H,2-4,11-12,15,25H2,1H3,(H,26,27). The van der Waals surface area contributed by atoms with Crippen molar-refractivity contribution < 1.29 is 28.7 Å². The Hall–Kier alpha value is -6.90. The fourth-order valence-corrected chi connectivity index (χ4v) is 8.04. The van der Waals surface area contributed by atoms with Crippen LogP contribution in [0.2, 0.25) is 0 Å². The lowest BCUT2D eigenvalue weighted by molar-refractivity contribution is -0.139. The Morgan fingerprint density at radius 1 is 0.594 bits per heavy atom. The molecule has 4 heterocycles. The summed E-state index contributed by atoms with van der Waals surface area (Å²) in [4.78, 5) is 63.2. The van der Waals surface area contributed by atoms with Crippen molar-refractivity contribution >= 4 is 59.0 Å². The van der Waals surface area contributed by atoms with E-state index in [2.05, 4.69) is 15.8 Å². The summed E-state index contributed by atoms with van der Waals surface area (Å²) in [5.41, 5.74) is 15.3. The monoisotopic (exact) mass is 864 g/mol. The molecule has 4 aromatic carbocycles. The van der Waals surface area contributed by atoms with Gasteiger partial charge in [0, 0.05) is 86.5 Å². The number of hydrogen-bond donors (Lipinski definition) is 3. The lowest BCUT2D eigenvalue weighted by Crippen LogP contribution is -2.36. The van der Waals surface area contributed by atoms with Crippen LogP contribution in [0.25, 0.3) is 34.4 Å². The van der Waals surface area contributed by atoms with Crippen molar-refractivity contribution in [3.63, 3.8) is 0 Å². The van der Waals surface area contributed by atoms with E-state index in [0.717, 1.165) is 96.6 Å². The molecule has 0 spiro atoms. The quantitative estimate of drug-likeness (QED) is 0.0872. The minimum atomic E-state index is -0.381. The summed E-state index contributed by atoms with van der Waals surface area (Å²) in [7, 11) is 3.76. The van der Waals surface area contributed by atoms with Crippen molar-refractivity contribution in [1.82, 2.24) is 25.7 Å². The molecule has 332 valence electrons. The van der Waals surface area contributed by atoms with Gasteiger partial charge < -0.3 is 30.1 Å². The van der Waals surface area contributed by atoms with Crippen LogP contribution in [0.5, 0.6) is 0 Å². The van der Waals surface area contributed by atoms with E-state index in [1.165, 1.54) is 0 Å². The zero-order chi connectivity index (χ0) is 45.2. The topological polar surface area (TPSA) is 171 Å². The molecule has 0 radical (unpaired) electrons. The highest BCUT2D eigenvalue weighted by molar-refractivity contribution is 6.05. The fraction of sp³-hybridized carbons (Fsp3) is 0.320. The highest BCUT2D eigenvalue weighted by Gasteiger charge is 2.23. The SMILES string of the molecule is CCOC(=O)C1=Cc2cc(-c3ccc(C(=O)N4CCCC4)cc3)ccc2N=C(NN(C)C)C1.CCOC(=O)C1=Cc2cc(-c3ccc(C(=O)N4CCCC4)cc3)ccc2N=C(NN)C1. The van der Waals surface area contributed by atoms with Crippen LogP contribution >= 0.6 is 0 Å². The number of hydrazine groups is 2. The number of likely N-dealkylation sites (tertiary alicyclic amines) is 2. The number of amidine groups is 2. The fourth-order valence-electron chi connectivity index (χ4n) is 8.04. The number of carbonyl (C=O) groups is 4. The summed E-state index contributed by atoms with van der Waals surface area (Å²) < 4.78 is 10.4. The maximum absolute atomic E-state index is 12.6. The maximum Gasteiger partial charge on any atom is 0.334 e. The second-order valence-corrected chi connectivity index (χ2v) is 16.1. The number of fused-ring (bicyclic) bond motifs is 2. The van der Waals surface area contributed by atoms with Gasteiger partial charge in [-0.15, -0.1) is 0 Å². The highest BCUT2D eigenvalue weighted by atomic mass is 16.5. The van der Waals surface area contributed by atoms with Gasteiger partial charge in [-0.3, -0.25) is 9.59 Å². The number of amides is 2. The van der Waals surface area contributed by atoms with E-state index in [9.17, 15) is 19.2 Å². The normalized spacial score (nSPS) is 15.5. The molecular formula is C50H56N8O6. The molecule has 14 heteroatoms. The van der Waals surface area contributed by atoms with Gasteiger partial charge in [-0.25, -0.2) is 30.4 Å². The molecule has 0 atom stereocenters. The number of rotatable bonds is 9. The van der Waals surface area contributed by atoms with Crippen LogP contribution in [0.15, 0.2) is 106 Å². The van der Waals surface area contributed by atoms with Crippen LogP contribution < -0.4 is 16.7 Å². The molecule has 64 heavy (non-hydrogen) atoms. The van der Waals surface area contributed by atoms with Crippen LogP contribution in [-0.2, 0) is 19.1 Å². The zero-order valence-corrected chi connectivity index (χ0v) is 37.0. The van der Waals surface area contributed by atoms with Crippen LogP contribution in [0, 0.1) is 0 Å². The van der Waals surface area contributed by atoms with Gasteiger partial charge in [0.15, 0.2) is 0 Å². The molecule has 4 aliphatic heterocycles. The number of aliphatic imine (C=N–C) groups is 2. The summed E-state index contributed by atoms with van der Waals surface area (Å²) in [6.07, 6.45) is 8.59. The Balaban J connectivity index is 0.000000192. The van der Waals surface area contributed by atoms with Gasteiger partial charge in [0.25, 0.3) is 11.8 Å². The van der Waals surface area contributed by atoms with Crippen molar-refractivity contribution in [2.45, 2.75) is 52.4 Å². The van der Waals surface area contributed by atoms with E-state index in [0.29, 0.717) is 53.6 Å². The molecule has 4 aromatic rings. The molecule has 0 bridgehead atoms. The first-order valence-corrected chi connectivity index (χ1v) is 21.9. The average molecular weight is 865 g/mol. The number of carbonyl (C=O) groups excluding carboxylic acids is 4. The Morgan fingerprint density at radius 2 is 0.984 bits per heavy atom. The maximum atomic E-state index is 12.6. The van der Waals surface area contributed by atoms with Crippen LogP contribution in [-0.4, -0.2) is 104 Å². The van der Waals surface area contributed by atoms with Crippen molar-refractivity contribution in [3.05, 3.63) is 118 Å². The molecular weight excluding hydrogens is 809 g/mol. The van der Waals surface area contributed by atoms with Gasteiger partial charge in [0.2, 0.25) is 0 Å². The molecule has 0 aliphatic carbocycles. The molecule has 14 nitrogen and oxygen atoms in total. The number of hydrogen-bond acceptors (Lipinski definition) is 12. The summed E-state index contributed by atoms with van der Waals surface area (Å²) in [6, 6.07) is 27.2. The predicted octanol–water partition coefficient (Wildman–Crippen LogP) is 7.47. The number of benzene rings is 4. The van der Waals surface area contributed by atoms with E-state index >= 15 is 0 Å². The first-order valence-electron chi connectivity index (χ1n) is 21.9. The Labute approximate surface area is 374 Å². The second kappa shape index (κ2) is 21.0. The molecule has 0 unspecified atom stereocenters. The lowest BCUT2D eigenvalue weighted by Gasteiger charge is -2.16. The first kappa shape index (κ1) is 45.1. The minimum Gasteiger partial charge on any atom is -0.463 e. The Kier molecular flexibility index (Phi) is 14.8. The number of ether oxygens (including phenoxy) is 2. The smallest absolute Gasteiger partial charge is 0.334 e. The molecule has 8 rings (SSSR count). The largest absolute Gasteiger partial charge is 0.463 e. The van der Waals surface area contributed by atoms with Gasteiger partial charge in [-0.05, 0) is 122 Å². The summed E-state index contributed by atoms with van der Waals surface area (Å²) >= 11 is 0. The van der Waals surface area contributed by atoms with Crippen LogP contribution in [0.4, 0.5) is 11.4 Å². The van der Waals surface area contributed by atoms with Crippen molar-refractivity contribution in [2.24, 2.45) is 15.8 Å². The number of nitrogens with one attached hydrogen (secondary N) is 2. The van der Waals surface area contributed by atoms with Gasteiger partial charge >= 0.3 is 11.9 Å². The lowest BCUT2D eigenvalue weighted by atomic mass is 9.99.